The van der Waals surface area contributed by atoms with Crippen molar-refractivity contribution in [3.05, 3.63) is 36.2 Å². The van der Waals surface area contributed by atoms with Crippen molar-refractivity contribution >= 4 is 5.97 Å². The van der Waals surface area contributed by atoms with Crippen LogP contribution in [-0.2, 0) is 17.8 Å². The number of carboxylic acids is 1. The summed E-state index contributed by atoms with van der Waals surface area (Å²) in [6.45, 7) is 0.460. The standard InChI is InChI=1S/C13H13N3O2/c17-13(18)10-6-7-11-14-15-12(16(11)8-10)9-4-2-1-3-5-9/h1-5,10H,6-8H2,(H,17,18). The van der Waals surface area contributed by atoms with Crippen LogP contribution in [0.1, 0.15) is 12.2 Å². The molecule has 1 unspecified atom stereocenters. The van der Waals surface area contributed by atoms with Crippen molar-refractivity contribution in [2.45, 2.75) is 19.4 Å². The van der Waals surface area contributed by atoms with Crippen LogP contribution in [0.15, 0.2) is 30.3 Å². The van der Waals surface area contributed by atoms with E-state index in [2.05, 4.69) is 10.2 Å². The maximum absolute atomic E-state index is 11.1. The van der Waals surface area contributed by atoms with Crippen molar-refractivity contribution in [2.24, 2.45) is 5.92 Å². The monoisotopic (exact) mass is 243 g/mol. The third-order valence-electron chi connectivity index (χ3n) is 3.33. The molecule has 0 fully saturated rings. The molecule has 92 valence electrons. The Morgan fingerprint density at radius 2 is 2.06 bits per heavy atom. The molecule has 1 aliphatic heterocycles. The number of benzene rings is 1. The molecule has 3 rings (SSSR count). The molecular formula is C13H13N3O2. The SMILES string of the molecule is O=C(O)C1CCc2nnc(-c3ccccc3)n2C1. The summed E-state index contributed by atoms with van der Waals surface area (Å²) in [5.41, 5.74) is 0.974. The van der Waals surface area contributed by atoms with Gasteiger partial charge in [0.2, 0.25) is 0 Å². The lowest BCUT2D eigenvalue weighted by molar-refractivity contribution is -0.142. The van der Waals surface area contributed by atoms with Gasteiger partial charge in [0, 0.05) is 18.5 Å². The Hall–Kier alpha value is -2.17. The quantitative estimate of drug-likeness (QED) is 0.869. The summed E-state index contributed by atoms with van der Waals surface area (Å²) in [5.74, 6) is 0.562. The largest absolute Gasteiger partial charge is 0.481 e. The van der Waals surface area contributed by atoms with E-state index in [1.165, 1.54) is 0 Å². The number of carbonyl (C=O) groups is 1. The van der Waals surface area contributed by atoms with Crippen molar-refractivity contribution in [3.8, 4) is 11.4 Å². The Morgan fingerprint density at radius 1 is 1.28 bits per heavy atom. The van der Waals surface area contributed by atoms with Gasteiger partial charge < -0.3 is 9.67 Å². The number of rotatable bonds is 2. The first-order valence-electron chi connectivity index (χ1n) is 5.96. The third kappa shape index (κ3) is 1.77. The second-order valence-corrected chi connectivity index (χ2v) is 4.49. The number of aliphatic carboxylic acids is 1. The molecule has 2 aromatic rings. The predicted molar refractivity (Wildman–Crippen MR) is 64.9 cm³/mol. The molecule has 0 saturated heterocycles. The molecule has 18 heavy (non-hydrogen) atoms. The van der Waals surface area contributed by atoms with Gasteiger partial charge in [-0.1, -0.05) is 30.3 Å². The van der Waals surface area contributed by atoms with Gasteiger partial charge in [-0.25, -0.2) is 0 Å². The van der Waals surface area contributed by atoms with Crippen LogP contribution in [-0.4, -0.2) is 25.8 Å². The number of carboxylic acid groups (broad SMARTS) is 1. The first-order valence-corrected chi connectivity index (χ1v) is 5.96. The Kier molecular flexibility index (Phi) is 2.59. The smallest absolute Gasteiger partial charge is 0.308 e. The van der Waals surface area contributed by atoms with Gasteiger partial charge in [0.05, 0.1) is 5.92 Å². The molecule has 0 bridgehead atoms. The minimum atomic E-state index is -0.742. The number of nitrogens with zero attached hydrogens (tertiary/aromatic N) is 3. The van der Waals surface area contributed by atoms with Gasteiger partial charge in [0.1, 0.15) is 5.82 Å². The maximum Gasteiger partial charge on any atom is 0.308 e. The Balaban J connectivity index is 2.00. The van der Waals surface area contributed by atoms with Crippen LogP contribution in [0.25, 0.3) is 11.4 Å². The number of hydrogen-bond donors (Lipinski definition) is 1. The molecule has 5 heteroatoms. The van der Waals surface area contributed by atoms with Crippen molar-refractivity contribution in [1.29, 1.82) is 0 Å². The van der Waals surface area contributed by atoms with Crippen LogP contribution in [0, 0.1) is 5.92 Å². The van der Waals surface area contributed by atoms with E-state index >= 15 is 0 Å². The molecule has 0 spiro atoms. The lowest BCUT2D eigenvalue weighted by Crippen LogP contribution is -2.27. The van der Waals surface area contributed by atoms with Crippen LogP contribution in [0.3, 0.4) is 0 Å². The van der Waals surface area contributed by atoms with Gasteiger partial charge in [-0.2, -0.15) is 0 Å². The summed E-state index contributed by atoms with van der Waals surface area (Å²) in [4.78, 5) is 11.1. The lowest BCUT2D eigenvalue weighted by atomic mass is 9.99. The summed E-state index contributed by atoms with van der Waals surface area (Å²) in [6.07, 6.45) is 1.32. The van der Waals surface area contributed by atoms with Crippen LogP contribution < -0.4 is 0 Å². The minimum Gasteiger partial charge on any atom is -0.481 e. The molecular weight excluding hydrogens is 230 g/mol. The van der Waals surface area contributed by atoms with E-state index in [1.54, 1.807) is 0 Å². The molecule has 1 N–H and O–H groups in total. The minimum absolute atomic E-state index is 0.337. The van der Waals surface area contributed by atoms with Gasteiger partial charge in [-0.15, -0.1) is 10.2 Å². The summed E-state index contributed by atoms with van der Waals surface area (Å²) < 4.78 is 1.93. The normalized spacial score (nSPS) is 18.3. The second-order valence-electron chi connectivity index (χ2n) is 4.49. The fraction of sp³-hybridized carbons (Fsp3) is 0.308. The summed E-state index contributed by atoms with van der Waals surface area (Å²) in [6, 6.07) is 9.74. The third-order valence-corrected chi connectivity index (χ3v) is 3.33. The molecule has 2 heterocycles. The first-order chi connectivity index (χ1) is 8.75. The summed E-state index contributed by atoms with van der Waals surface area (Å²) in [7, 11) is 0. The molecule has 0 amide bonds. The molecule has 1 aromatic carbocycles. The molecule has 0 aliphatic carbocycles. The zero-order chi connectivity index (χ0) is 12.5. The highest BCUT2D eigenvalue weighted by molar-refractivity contribution is 5.70. The van der Waals surface area contributed by atoms with Gasteiger partial charge >= 0.3 is 5.97 Å². The number of fused-ring (bicyclic) bond motifs is 1. The van der Waals surface area contributed by atoms with Crippen molar-refractivity contribution < 1.29 is 9.90 Å². The van der Waals surface area contributed by atoms with Gasteiger partial charge in [0.25, 0.3) is 0 Å². The van der Waals surface area contributed by atoms with Crippen molar-refractivity contribution in [2.75, 3.05) is 0 Å². The van der Waals surface area contributed by atoms with Gasteiger partial charge in [-0.05, 0) is 6.42 Å². The maximum atomic E-state index is 11.1. The first kappa shape index (κ1) is 11.0. The Bertz CT molecular complexity index is 577. The van der Waals surface area contributed by atoms with E-state index in [-0.39, 0.29) is 5.92 Å². The highest BCUT2D eigenvalue weighted by atomic mass is 16.4. The van der Waals surface area contributed by atoms with Crippen LogP contribution in [0.2, 0.25) is 0 Å². The lowest BCUT2D eigenvalue weighted by Gasteiger charge is -2.21. The summed E-state index contributed by atoms with van der Waals surface area (Å²) >= 11 is 0. The zero-order valence-electron chi connectivity index (χ0n) is 9.78. The Labute approximate surface area is 104 Å². The topological polar surface area (TPSA) is 68.0 Å². The van der Waals surface area contributed by atoms with E-state index in [4.69, 9.17) is 5.11 Å². The van der Waals surface area contributed by atoms with Crippen LogP contribution >= 0.6 is 0 Å². The van der Waals surface area contributed by atoms with E-state index in [1.807, 2.05) is 34.9 Å². The fourth-order valence-corrected chi connectivity index (χ4v) is 2.33. The number of aromatic nitrogens is 3. The average molecular weight is 243 g/mol. The van der Waals surface area contributed by atoms with Gasteiger partial charge in [0.15, 0.2) is 5.82 Å². The van der Waals surface area contributed by atoms with Crippen LogP contribution in [0.5, 0.6) is 0 Å². The zero-order valence-corrected chi connectivity index (χ0v) is 9.78. The van der Waals surface area contributed by atoms with E-state index in [0.29, 0.717) is 19.4 Å². The highest BCUT2D eigenvalue weighted by Crippen LogP contribution is 2.25. The molecule has 5 nitrogen and oxygen atoms in total. The van der Waals surface area contributed by atoms with Crippen molar-refractivity contribution in [1.82, 2.24) is 14.8 Å². The second kappa shape index (κ2) is 4.25. The molecule has 1 aliphatic rings. The molecule has 0 saturated carbocycles. The molecule has 1 atom stereocenters. The average Bonchev–Trinajstić information content (AvgIpc) is 2.82. The van der Waals surface area contributed by atoms with E-state index in [9.17, 15) is 4.79 Å². The van der Waals surface area contributed by atoms with Crippen LogP contribution in [0.4, 0.5) is 0 Å². The van der Waals surface area contributed by atoms with Crippen molar-refractivity contribution in [3.63, 3.8) is 0 Å². The predicted octanol–water partition coefficient (Wildman–Crippen LogP) is 1.59. The molecule has 0 radical (unpaired) electrons. The highest BCUT2D eigenvalue weighted by Gasteiger charge is 2.27. The number of hydrogen-bond acceptors (Lipinski definition) is 3. The van der Waals surface area contributed by atoms with E-state index in [0.717, 1.165) is 17.2 Å². The number of aryl methyl sites for hydroxylation is 1. The van der Waals surface area contributed by atoms with Gasteiger partial charge in [-0.3, -0.25) is 4.79 Å². The van der Waals surface area contributed by atoms with E-state index < -0.39 is 5.97 Å². The Morgan fingerprint density at radius 3 is 2.78 bits per heavy atom. The summed E-state index contributed by atoms with van der Waals surface area (Å²) in [5, 5.41) is 17.4. The fourth-order valence-electron chi connectivity index (χ4n) is 2.33. The molecule has 1 aromatic heterocycles.